The minimum absolute atomic E-state index is 0.109. The number of carbonyl (C=O) groups excluding carboxylic acids is 1. The van der Waals surface area contributed by atoms with Crippen LogP contribution in [0, 0.1) is 0 Å². The Balaban J connectivity index is 2.39. The van der Waals surface area contributed by atoms with Crippen LogP contribution in [0.3, 0.4) is 0 Å². The summed E-state index contributed by atoms with van der Waals surface area (Å²) in [5, 5.41) is 0. The molecule has 0 spiro atoms. The Morgan fingerprint density at radius 2 is 1.75 bits per heavy atom. The summed E-state index contributed by atoms with van der Waals surface area (Å²) < 4.78 is 12.0. The largest absolute Gasteiger partial charge is 0.495 e. The second-order valence-electron chi connectivity index (χ2n) is 6.25. The van der Waals surface area contributed by atoms with Crippen molar-refractivity contribution in [2.75, 3.05) is 14.1 Å². The minimum Gasteiger partial charge on any atom is -0.399 e. The molecule has 6 heteroatoms. The van der Waals surface area contributed by atoms with Crippen LogP contribution in [-0.2, 0) is 9.31 Å². The number of nitrogens with zero attached hydrogens (tertiary/aromatic N) is 2. The predicted molar refractivity (Wildman–Crippen MR) is 78.0 cm³/mol. The molecule has 0 radical (unpaired) electrons. The maximum Gasteiger partial charge on any atom is 0.495 e. The van der Waals surface area contributed by atoms with Gasteiger partial charge in [-0.2, -0.15) is 0 Å². The molecule has 108 valence electrons. The number of amides is 1. The maximum absolute atomic E-state index is 12.2. The van der Waals surface area contributed by atoms with E-state index in [9.17, 15) is 4.79 Å². The van der Waals surface area contributed by atoms with Gasteiger partial charge in [-0.3, -0.25) is 9.78 Å². The molecule has 20 heavy (non-hydrogen) atoms. The summed E-state index contributed by atoms with van der Waals surface area (Å²) >= 11 is 0. The molecule has 0 aliphatic carbocycles. The van der Waals surface area contributed by atoms with Gasteiger partial charge in [0.1, 0.15) is 0 Å². The van der Waals surface area contributed by atoms with Crippen molar-refractivity contribution in [2.24, 2.45) is 0 Å². The monoisotopic (exact) mass is 276 g/mol. The molecule has 1 aliphatic rings. The number of carbonyl (C=O) groups is 1. The lowest BCUT2D eigenvalue weighted by Crippen LogP contribution is -2.41. The van der Waals surface area contributed by atoms with Gasteiger partial charge in [0.15, 0.2) is 0 Å². The number of hydrogen-bond acceptors (Lipinski definition) is 4. The molecule has 0 unspecified atom stereocenters. The predicted octanol–water partition coefficient (Wildman–Crippen LogP) is 1.08. The Morgan fingerprint density at radius 3 is 2.25 bits per heavy atom. The van der Waals surface area contributed by atoms with Crippen molar-refractivity contribution in [1.29, 1.82) is 0 Å². The first-order valence-corrected chi connectivity index (χ1v) is 6.67. The zero-order chi connectivity index (χ0) is 15.1. The molecule has 1 aromatic heterocycles. The van der Waals surface area contributed by atoms with Crippen molar-refractivity contribution in [3.05, 3.63) is 24.0 Å². The van der Waals surface area contributed by atoms with Gasteiger partial charge in [0.05, 0.1) is 16.8 Å². The summed E-state index contributed by atoms with van der Waals surface area (Å²) in [6.07, 6.45) is 3.20. The minimum atomic E-state index is -0.554. The molecule has 1 saturated heterocycles. The summed E-state index contributed by atoms with van der Waals surface area (Å²) in [4.78, 5) is 17.8. The lowest BCUT2D eigenvalue weighted by atomic mass is 9.76. The van der Waals surface area contributed by atoms with Crippen LogP contribution in [-0.4, -0.2) is 48.2 Å². The summed E-state index contributed by atoms with van der Waals surface area (Å²) in [5.74, 6) is -0.109. The Morgan fingerprint density at radius 1 is 1.20 bits per heavy atom. The summed E-state index contributed by atoms with van der Waals surface area (Å²) in [5.41, 5.74) is 0.368. The highest BCUT2D eigenvalue weighted by Gasteiger charge is 2.52. The average Bonchev–Trinajstić information content (AvgIpc) is 2.57. The lowest BCUT2D eigenvalue weighted by molar-refractivity contribution is 0.00578. The van der Waals surface area contributed by atoms with Crippen LogP contribution in [0.1, 0.15) is 38.1 Å². The Bertz CT molecular complexity index is 513. The van der Waals surface area contributed by atoms with Crippen LogP contribution in [0.5, 0.6) is 0 Å². The van der Waals surface area contributed by atoms with Crippen molar-refractivity contribution in [1.82, 2.24) is 9.88 Å². The summed E-state index contributed by atoms with van der Waals surface area (Å²) in [7, 11) is 2.87. The van der Waals surface area contributed by atoms with Crippen LogP contribution in [0.25, 0.3) is 0 Å². The van der Waals surface area contributed by atoms with Gasteiger partial charge in [-0.05, 0) is 39.2 Å². The van der Waals surface area contributed by atoms with Crippen LogP contribution < -0.4 is 5.46 Å². The van der Waals surface area contributed by atoms with Crippen molar-refractivity contribution < 1.29 is 14.1 Å². The van der Waals surface area contributed by atoms with Crippen LogP contribution in [0.4, 0.5) is 0 Å². The molecule has 1 amide bonds. The molecule has 5 nitrogen and oxygen atoms in total. The highest BCUT2D eigenvalue weighted by molar-refractivity contribution is 6.63. The van der Waals surface area contributed by atoms with Gasteiger partial charge in [-0.15, -0.1) is 0 Å². The third-order valence-corrected chi connectivity index (χ3v) is 4.00. The van der Waals surface area contributed by atoms with E-state index in [0.717, 1.165) is 5.46 Å². The number of aromatic nitrogens is 1. The van der Waals surface area contributed by atoms with Crippen molar-refractivity contribution in [3.63, 3.8) is 0 Å². The van der Waals surface area contributed by atoms with Crippen LogP contribution in [0.2, 0.25) is 0 Å². The van der Waals surface area contributed by atoms with Gasteiger partial charge >= 0.3 is 7.12 Å². The normalized spacial score (nSPS) is 20.0. The van der Waals surface area contributed by atoms with Gasteiger partial charge in [0.2, 0.25) is 0 Å². The Hall–Kier alpha value is -1.40. The van der Waals surface area contributed by atoms with E-state index in [4.69, 9.17) is 9.31 Å². The molecule has 0 aromatic carbocycles. The topological polar surface area (TPSA) is 51.7 Å². The zero-order valence-corrected chi connectivity index (χ0v) is 12.9. The first-order chi connectivity index (χ1) is 9.16. The second-order valence-corrected chi connectivity index (χ2v) is 6.25. The van der Waals surface area contributed by atoms with E-state index in [1.54, 1.807) is 32.6 Å². The molecule has 0 saturated carbocycles. The van der Waals surface area contributed by atoms with E-state index >= 15 is 0 Å². The number of hydrogen-bond donors (Lipinski definition) is 0. The number of rotatable bonds is 2. The zero-order valence-electron chi connectivity index (χ0n) is 12.9. The van der Waals surface area contributed by atoms with Crippen molar-refractivity contribution in [3.8, 4) is 0 Å². The van der Waals surface area contributed by atoms with Gasteiger partial charge < -0.3 is 14.2 Å². The Labute approximate surface area is 120 Å². The van der Waals surface area contributed by atoms with E-state index in [1.807, 2.05) is 27.7 Å². The van der Waals surface area contributed by atoms with E-state index in [2.05, 4.69) is 4.98 Å². The van der Waals surface area contributed by atoms with E-state index < -0.39 is 18.3 Å². The van der Waals surface area contributed by atoms with Gasteiger partial charge in [-0.25, -0.2) is 0 Å². The quantitative estimate of drug-likeness (QED) is 0.758. The second kappa shape index (κ2) is 4.86. The molecule has 0 N–H and O–H groups in total. The van der Waals surface area contributed by atoms with Crippen molar-refractivity contribution >= 4 is 18.5 Å². The smallest absolute Gasteiger partial charge is 0.399 e. The molecule has 1 aliphatic heterocycles. The maximum atomic E-state index is 12.2. The van der Waals surface area contributed by atoms with Gasteiger partial charge in [-0.1, -0.05) is 0 Å². The first kappa shape index (κ1) is 15.0. The van der Waals surface area contributed by atoms with Crippen LogP contribution >= 0.6 is 0 Å². The average molecular weight is 276 g/mol. The molecule has 1 aromatic rings. The fraction of sp³-hybridized carbons (Fsp3) is 0.571. The standard InChI is InChI=1S/C14H21BN2O3/c1-13(2)14(3,4)20-15(19-13)11-7-8-16-9-10(11)12(18)17(5)6/h7-9H,1-6H3. The van der Waals surface area contributed by atoms with E-state index in [1.165, 1.54) is 4.90 Å². The lowest BCUT2D eigenvalue weighted by Gasteiger charge is -2.32. The molecular formula is C14H21BN2O3. The fourth-order valence-corrected chi connectivity index (χ4v) is 2.00. The third kappa shape index (κ3) is 2.45. The molecule has 0 atom stereocenters. The van der Waals surface area contributed by atoms with Crippen molar-refractivity contribution in [2.45, 2.75) is 38.9 Å². The fourth-order valence-electron chi connectivity index (χ4n) is 2.00. The molecular weight excluding hydrogens is 255 g/mol. The SMILES string of the molecule is CN(C)C(=O)c1cnccc1B1OC(C)(C)C(C)(C)O1. The number of pyridine rings is 1. The summed E-state index contributed by atoms with van der Waals surface area (Å²) in [6.45, 7) is 7.95. The van der Waals surface area contributed by atoms with E-state index in [0.29, 0.717) is 5.56 Å². The molecule has 1 fully saturated rings. The highest BCUT2D eigenvalue weighted by atomic mass is 16.7. The van der Waals surface area contributed by atoms with Gasteiger partial charge in [0, 0.05) is 26.5 Å². The molecule has 2 heterocycles. The highest BCUT2D eigenvalue weighted by Crippen LogP contribution is 2.36. The van der Waals surface area contributed by atoms with E-state index in [-0.39, 0.29) is 5.91 Å². The first-order valence-electron chi connectivity index (χ1n) is 6.67. The molecule has 0 bridgehead atoms. The molecule has 2 rings (SSSR count). The van der Waals surface area contributed by atoms with Crippen LogP contribution in [0.15, 0.2) is 18.5 Å². The Kier molecular flexibility index (Phi) is 3.65. The summed E-state index contributed by atoms with van der Waals surface area (Å²) in [6, 6.07) is 1.78. The third-order valence-electron chi connectivity index (χ3n) is 4.00. The van der Waals surface area contributed by atoms with Gasteiger partial charge in [0.25, 0.3) is 5.91 Å².